The van der Waals surface area contributed by atoms with Crippen LogP contribution in [0.4, 0.5) is 0 Å². The number of rotatable bonds is 3. The summed E-state index contributed by atoms with van der Waals surface area (Å²) in [7, 11) is 0. The molecule has 0 saturated carbocycles. The minimum absolute atomic E-state index is 0.157. The first-order chi connectivity index (χ1) is 10.2. The second-order valence-electron chi connectivity index (χ2n) is 4.83. The molecule has 1 aromatic heterocycles. The highest BCUT2D eigenvalue weighted by atomic mass is 32.2. The van der Waals surface area contributed by atoms with E-state index in [4.69, 9.17) is 0 Å². The molecular formula is C16H16N2OS2. The molecule has 1 amide bonds. The number of amides is 1. The number of benzene rings is 1. The molecule has 3 nitrogen and oxygen atoms in total. The molecule has 0 aliphatic carbocycles. The van der Waals surface area contributed by atoms with E-state index in [-0.39, 0.29) is 5.91 Å². The first kappa shape index (κ1) is 14.4. The Morgan fingerprint density at radius 2 is 2.19 bits per heavy atom. The maximum absolute atomic E-state index is 12.5. The van der Waals surface area contributed by atoms with Crippen LogP contribution in [0.3, 0.4) is 0 Å². The molecule has 0 unspecified atom stereocenters. The summed E-state index contributed by atoms with van der Waals surface area (Å²) in [6, 6.07) is 9.89. The standard InChI is InChI=1S/C16H16N2OS2/c1-12-17-14(11-21-12)10-16-18(7-8-20-16)15(19)9-13-5-3-2-4-6-13/h2-6,10-11H,7-9H2,1H3/b16-10+. The molecule has 0 atom stereocenters. The molecule has 21 heavy (non-hydrogen) atoms. The molecule has 0 radical (unpaired) electrons. The van der Waals surface area contributed by atoms with E-state index in [1.54, 1.807) is 23.1 Å². The molecule has 2 aromatic rings. The summed E-state index contributed by atoms with van der Waals surface area (Å²) in [6.07, 6.45) is 2.47. The van der Waals surface area contributed by atoms with E-state index in [1.807, 2.05) is 53.6 Å². The average Bonchev–Trinajstić information content (AvgIpc) is 3.10. The van der Waals surface area contributed by atoms with Gasteiger partial charge in [0.25, 0.3) is 0 Å². The summed E-state index contributed by atoms with van der Waals surface area (Å²) in [5.74, 6) is 1.11. The van der Waals surface area contributed by atoms with Crippen LogP contribution in [0.25, 0.3) is 6.08 Å². The van der Waals surface area contributed by atoms with Crippen LogP contribution in [-0.4, -0.2) is 28.1 Å². The second kappa shape index (κ2) is 6.45. The number of carbonyl (C=O) groups excluding carboxylic acids is 1. The van der Waals surface area contributed by atoms with Gasteiger partial charge in [0.1, 0.15) is 0 Å². The van der Waals surface area contributed by atoms with Crippen LogP contribution >= 0.6 is 23.1 Å². The fourth-order valence-electron chi connectivity index (χ4n) is 2.24. The van der Waals surface area contributed by atoms with Gasteiger partial charge in [-0.1, -0.05) is 30.3 Å². The van der Waals surface area contributed by atoms with Crippen molar-refractivity contribution < 1.29 is 4.79 Å². The summed E-state index contributed by atoms with van der Waals surface area (Å²) >= 11 is 3.36. The van der Waals surface area contributed by atoms with Gasteiger partial charge >= 0.3 is 0 Å². The molecule has 0 N–H and O–H groups in total. The fraction of sp³-hybridized carbons (Fsp3) is 0.250. The molecule has 0 spiro atoms. The maximum atomic E-state index is 12.5. The van der Waals surface area contributed by atoms with Crippen molar-refractivity contribution in [2.24, 2.45) is 0 Å². The van der Waals surface area contributed by atoms with Crippen LogP contribution in [0, 0.1) is 6.92 Å². The zero-order valence-electron chi connectivity index (χ0n) is 11.8. The molecule has 108 valence electrons. The Morgan fingerprint density at radius 1 is 1.38 bits per heavy atom. The lowest BCUT2D eigenvalue weighted by Gasteiger charge is -2.16. The topological polar surface area (TPSA) is 33.2 Å². The molecule has 1 aliphatic rings. The lowest BCUT2D eigenvalue weighted by atomic mass is 10.1. The monoisotopic (exact) mass is 316 g/mol. The number of aryl methyl sites for hydroxylation is 1. The van der Waals surface area contributed by atoms with Gasteiger partial charge in [0.15, 0.2) is 0 Å². The van der Waals surface area contributed by atoms with Gasteiger partial charge < -0.3 is 4.90 Å². The van der Waals surface area contributed by atoms with E-state index in [0.29, 0.717) is 6.42 Å². The van der Waals surface area contributed by atoms with E-state index in [2.05, 4.69) is 4.98 Å². The van der Waals surface area contributed by atoms with Gasteiger partial charge in [0.2, 0.25) is 5.91 Å². The molecule has 1 aliphatic heterocycles. The SMILES string of the molecule is Cc1nc(/C=C2/SCCN2C(=O)Cc2ccccc2)cs1. The Morgan fingerprint density at radius 3 is 2.90 bits per heavy atom. The van der Waals surface area contributed by atoms with Crippen molar-refractivity contribution in [2.45, 2.75) is 13.3 Å². The molecular weight excluding hydrogens is 300 g/mol. The third-order valence-electron chi connectivity index (χ3n) is 3.24. The third kappa shape index (κ3) is 3.54. The van der Waals surface area contributed by atoms with Gasteiger partial charge in [0.05, 0.1) is 22.2 Å². The number of thiazole rings is 1. The normalized spacial score (nSPS) is 16.6. The van der Waals surface area contributed by atoms with Crippen molar-refractivity contribution in [1.29, 1.82) is 0 Å². The number of hydrogen-bond donors (Lipinski definition) is 0. The molecule has 2 heterocycles. The maximum Gasteiger partial charge on any atom is 0.231 e. The van der Waals surface area contributed by atoms with Crippen LogP contribution in [0.15, 0.2) is 40.7 Å². The highest BCUT2D eigenvalue weighted by Gasteiger charge is 2.24. The summed E-state index contributed by atoms with van der Waals surface area (Å²) in [5, 5.41) is 4.09. The van der Waals surface area contributed by atoms with Gasteiger partial charge in [-0.3, -0.25) is 4.79 Å². The molecule has 0 bridgehead atoms. The highest BCUT2D eigenvalue weighted by molar-refractivity contribution is 8.03. The van der Waals surface area contributed by atoms with E-state index in [9.17, 15) is 4.79 Å². The Hall–Kier alpha value is -1.59. The van der Waals surface area contributed by atoms with Crippen LogP contribution in [0.2, 0.25) is 0 Å². The Balaban J connectivity index is 1.74. The van der Waals surface area contributed by atoms with Crippen molar-refractivity contribution in [3.63, 3.8) is 0 Å². The van der Waals surface area contributed by atoms with Crippen molar-refractivity contribution in [3.8, 4) is 0 Å². The van der Waals surface area contributed by atoms with E-state index >= 15 is 0 Å². The van der Waals surface area contributed by atoms with Crippen molar-refractivity contribution in [3.05, 3.63) is 57.0 Å². The molecule has 3 rings (SSSR count). The lowest BCUT2D eigenvalue weighted by Crippen LogP contribution is -2.28. The van der Waals surface area contributed by atoms with Gasteiger partial charge in [-0.2, -0.15) is 0 Å². The number of aromatic nitrogens is 1. The largest absolute Gasteiger partial charge is 0.306 e. The summed E-state index contributed by atoms with van der Waals surface area (Å²) < 4.78 is 0. The summed E-state index contributed by atoms with van der Waals surface area (Å²) in [5.41, 5.74) is 2.00. The predicted molar refractivity (Wildman–Crippen MR) is 89.1 cm³/mol. The Labute approximate surface area is 132 Å². The fourth-order valence-corrected chi connectivity index (χ4v) is 3.84. The number of thioether (sulfide) groups is 1. The minimum Gasteiger partial charge on any atom is -0.306 e. The van der Waals surface area contributed by atoms with Gasteiger partial charge in [-0.25, -0.2) is 4.98 Å². The van der Waals surface area contributed by atoms with Crippen molar-refractivity contribution in [1.82, 2.24) is 9.88 Å². The summed E-state index contributed by atoms with van der Waals surface area (Å²) in [6.45, 7) is 2.78. The van der Waals surface area contributed by atoms with Crippen LogP contribution < -0.4 is 0 Å². The van der Waals surface area contributed by atoms with Crippen molar-refractivity contribution >= 4 is 35.1 Å². The van der Waals surface area contributed by atoms with E-state index in [0.717, 1.165) is 33.6 Å². The summed E-state index contributed by atoms with van der Waals surface area (Å²) in [4.78, 5) is 18.8. The van der Waals surface area contributed by atoms with Crippen molar-refractivity contribution in [2.75, 3.05) is 12.3 Å². The number of hydrogen-bond acceptors (Lipinski definition) is 4. The van der Waals surface area contributed by atoms with E-state index in [1.165, 1.54) is 0 Å². The van der Waals surface area contributed by atoms with Crippen LogP contribution in [0.5, 0.6) is 0 Å². The Kier molecular flexibility index (Phi) is 4.41. The molecule has 1 fully saturated rings. The van der Waals surface area contributed by atoms with E-state index < -0.39 is 0 Å². The number of nitrogens with zero attached hydrogens (tertiary/aromatic N) is 2. The lowest BCUT2D eigenvalue weighted by molar-refractivity contribution is -0.127. The molecule has 1 saturated heterocycles. The van der Waals surface area contributed by atoms with Crippen LogP contribution in [0.1, 0.15) is 16.3 Å². The minimum atomic E-state index is 0.157. The van der Waals surface area contributed by atoms with Crippen LogP contribution in [-0.2, 0) is 11.2 Å². The number of carbonyl (C=O) groups is 1. The zero-order valence-corrected chi connectivity index (χ0v) is 13.4. The smallest absolute Gasteiger partial charge is 0.231 e. The molecule has 5 heteroatoms. The van der Waals surface area contributed by atoms with Gasteiger partial charge in [-0.05, 0) is 18.6 Å². The second-order valence-corrected chi connectivity index (χ2v) is 7.01. The first-order valence-corrected chi connectivity index (χ1v) is 8.70. The average molecular weight is 316 g/mol. The molecule has 1 aromatic carbocycles. The van der Waals surface area contributed by atoms with Gasteiger partial charge in [-0.15, -0.1) is 23.1 Å². The quantitative estimate of drug-likeness (QED) is 0.868. The van der Waals surface area contributed by atoms with Gasteiger partial charge in [0, 0.05) is 17.7 Å². The highest BCUT2D eigenvalue weighted by Crippen LogP contribution is 2.30. The first-order valence-electron chi connectivity index (χ1n) is 6.83. The zero-order chi connectivity index (χ0) is 14.7. The Bertz CT molecular complexity index is 664. The predicted octanol–water partition coefficient (Wildman–Crippen LogP) is 3.57. The third-order valence-corrected chi connectivity index (χ3v) is 5.05.